The molecule has 1 unspecified atom stereocenters. The zero-order chi connectivity index (χ0) is 9.30. The standard InChI is InChI=1S/C9H18N2O/c1-7(2)11-5-8(3)10(4)6-9(11)12/h7-8H,5-6H2,1-4H3. The highest BCUT2D eigenvalue weighted by molar-refractivity contribution is 5.79. The smallest absolute Gasteiger partial charge is 0.237 e. The summed E-state index contributed by atoms with van der Waals surface area (Å²) in [5.41, 5.74) is 0. The van der Waals surface area contributed by atoms with Crippen molar-refractivity contribution in [2.75, 3.05) is 20.1 Å². The van der Waals surface area contributed by atoms with Crippen molar-refractivity contribution >= 4 is 5.91 Å². The quantitative estimate of drug-likeness (QED) is 0.574. The van der Waals surface area contributed by atoms with Gasteiger partial charge in [-0.3, -0.25) is 9.69 Å². The van der Waals surface area contributed by atoms with Crippen molar-refractivity contribution in [1.82, 2.24) is 9.80 Å². The van der Waals surface area contributed by atoms with Gasteiger partial charge in [0.05, 0.1) is 6.54 Å². The van der Waals surface area contributed by atoms with Crippen LogP contribution in [0.1, 0.15) is 20.8 Å². The van der Waals surface area contributed by atoms with Gasteiger partial charge in [-0.15, -0.1) is 0 Å². The number of hydrogen-bond donors (Lipinski definition) is 0. The molecule has 0 aromatic rings. The summed E-state index contributed by atoms with van der Waals surface area (Å²) >= 11 is 0. The van der Waals surface area contributed by atoms with Gasteiger partial charge >= 0.3 is 0 Å². The zero-order valence-electron chi connectivity index (χ0n) is 8.37. The molecule has 0 aromatic heterocycles. The molecule has 3 nitrogen and oxygen atoms in total. The van der Waals surface area contributed by atoms with Crippen LogP contribution in [0.5, 0.6) is 0 Å². The summed E-state index contributed by atoms with van der Waals surface area (Å²) in [6.45, 7) is 7.72. The molecule has 1 saturated heterocycles. The maximum Gasteiger partial charge on any atom is 0.237 e. The molecule has 1 aliphatic heterocycles. The molecule has 12 heavy (non-hydrogen) atoms. The molecule has 1 atom stereocenters. The van der Waals surface area contributed by atoms with Crippen molar-refractivity contribution in [3.05, 3.63) is 0 Å². The van der Waals surface area contributed by atoms with Crippen LogP contribution in [0.2, 0.25) is 0 Å². The molecule has 0 spiro atoms. The largest absolute Gasteiger partial charge is 0.338 e. The van der Waals surface area contributed by atoms with Gasteiger partial charge in [0.15, 0.2) is 0 Å². The molecule has 0 bridgehead atoms. The van der Waals surface area contributed by atoms with E-state index in [9.17, 15) is 4.79 Å². The SMILES string of the molecule is CC1CN(C(C)C)C(=O)CN1C. The molecule has 1 amide bonds. The monoisotopic (exact) mass is 170 g/mol. The lowest BCUT2D eigenvalue weighted by Crippen LogP contribution is -2.55. The van der Waals surface area contributed by atoms with Gasteiger partial charge in [-0.25, -0.2) is 0 Å². The van der Waals surface area contributed by atoms with Gasteiger partial charge in [-0.2, -0.15) is 0 Å². The van der Waals surface area contributed by atoms with Crippen LogP contribution in [-0.2, 0) is 4.79 Å². The molecular formula is C9H18N2O. The van der Waals surface area contributed by atoms with E-state index in [4.69, 9.17) is 0 Å². The van der Waals surface area contributed by atoms with Crippen molar-refractivity contribution in [2.45, 2.75) is 32.9 Å². The first-order valence-electron chi connectivity index (χ1n) is 4.52. The first kappa shape index (κ1) is 9.52. The summed E-state index contributed by atoms with van der Waals surface area (Å²) in [4.78, 5) is 15.5. The minimum absolute atomic E-state index is 0.255. The van der Waals surface area contributed by atoms with Gasteiger partial charge < -0.3 is 4.90 Å². The number of amides is 1. The third-order valence-corrected chi connectivity index (χ3v) is 2.54. The fourth-order valence-corrected chi connectivity index (χ4v) is 1.48. The Morgan fingerprint density at radius 1 is 1.50 bits per heavy atom. The Morgan fingerprint density at radius 2 is 2.08 bits per heavy atom. The minimum atomic E-state index is 0.255. The van der Waals surface area contributed by atoms with E-state index >= 15 is 0 Å². The van der Waals surface area contributed by atoms with Crippen LogP contribution in [0.3, 0.4) is 0 Å². The predicted molar refractivity (Wildman–Crippen MR) is 48.9 cm³/mol. The van der Waals surface area contributed by atoms with Gasteiger partial charge in [0.2, 0.25) is 5.91 Å². The van der Waals surface area contributed by atoms with Gasteiger partial charge in [-0.05, 0) is 27.8 Å². The number of carbonyl (C=O) groups excluding carboxylic acids is 1. The van der Waals surface area contributed by atoms with Crippen LogP contribution < -0.4 is 0 Å². The van der Waals surface area contributed by atoms with Gasteiger partial charge in [0.25, 0.3) is 0 Å². The molecular weight excluding hydrogens is 152 g/mol. The van der Waals surface area contributed by atoms with E-state index in [1.54, 1.807) is 0 Å². The van der Waals surface area contributed by atoms with E-state index in [2.05, 4.69) is 25.7 Å². The van der Waals surface area contributed by atoms with E-state index in [1.807, 2.05) is 11.9 Å². The number of rotatable bonds is 1. The Kier molecular flexibility index (Phi) is 2.73. The minimum Gasteiger partial charge on any atom is -0.338 e. The van der Waals surface area contributed by atoms with Crippen molar-refractivity contribution in [1.29, 1.82) is 0 Å². The Labute approximate surface area is 74.3 Å². The molecule has 1 fully saturated rings. The molecule has 3 heteroatoms. The maximum absolute atomic E-state index is 11.5. The van der Waals surface area contributed by atoms with Crippen molar-refractivity contribution in [3.63, 3.8) is 0 Å². The van der Waals surface area contributed by atoms with E-state index in [0.717, 1.165) is 6.54 Å². The van der Waals surface area contributed by atoms with Gasteiger partial charge in [-0.1, -0.05) is 0 Å². The molecule has 0 aromatic carbocycles. The lowest BCUT2D eigenvalue weighted by atomic mass is 10.1. The number of likely N-dealkylation sites (N-methyl/N-ethyl adjacent to an activating group) is 1. The lowest BCUT2D eigenvalue weighted by Gasteiger charge is -2.39. The molecule has 0 saturated carbocycles. The summed E-state index contributed by atoms with van der Waals surface area (Å²) in [6, 6.07) is 0.832. The van der Waals surface area contributed by atoms with Gasteiger partial charge in [0.1, 0.15) is 0 Å². The third kappa shape index (κ3) is 1.78. The normalized spacial score (nSPS) is 26.9. The summed E-state index contributed by atoms with van der Waals surface area (Å²) in [5, 5.41) is 0. The average Bonchev–Trinajstić information content (AvgIpc) is 1.96. The molecule has 0 radical (unpaired) electrons. The predicted octanol–water partition coefficient (Wildman–Crippen LogP) is 0.557. The number of piperazine rings is 1. The lowest BCUT2D eigenvalue weighted by molar-refractivity contribution is -0.139. The number of hydrogen-bond acceptors (Lipinski definition) is 2. The van der Waals surface area contributed by atoms with Crippen LogP contribution in [-0.4, -0.2) is 47.9 Å². The first-order chi connectivity index (χ1) is 5.52. The summed E-state index contributed by atoms with van der Waals surface area (Å²) in [6.07, 6.45) is 0. The van der Waals surface area contributed by atoms with Crippen LogP contribution in [0.4, 0.5) is 0 Å². The van der Waals surface area contributed by atoms with Crippen molar-refractivity contribution < 1.29 is 4.79 Å². The third-order valence-electron chi connectivity index (χ3n) is 2.54. The van der Waals surface area contributed by atoms with Crippen molar-refractivity contribution in [3.8, 4) is 0 Å². The van der Waals surface area contributed by atoms with E-state index in [1.165, 1.54) is 0 Å². The second-order valence-electron chi connectivity index (χ2n) is 3.90. The maximum atomic E-state index is 11.5. The van der Waals surface area contributed by atoms with E-state index < -0.39 is 0 Å². The van der Waals surface area contributed by atoms with Gasteiger partial charge in [0, 0.05) is 18.6 Å². The molecule has 70 valence electrons. The first-order valence-corrected chi connectivity index (χ1v) is 4.52. The second kappa shape index (κ2) is 3.44. The van der Waals surface area contributed by atoms with Crippen LogP contribution in [0.15, 0.2) is 0 Å². The highest BCUT2D eigenvalue weighted by Gasteiger charge is 2.27. The molecule has 1 rings (SSSR count). The average molecular weight is 170 g/mol. The highest BCUT2D eigenvalue weighted by atomic mass is 16.2. The zero-order valence-corrected chi connectivity index (χ0v) is 8.37. The van der Waals surface area contributed by atoms with Crippen LogP contribution >= 0.6 is 0 Å². The Bertz CT molecular complexity index is 179. The summed E-state index contributed by atoms with van der Waals surface area (Å²) in [7, 11) is 2.00. The molecule has 1 heterocycles. The summed E-state index contributed by atoms with van der Waals surface area (Å²) < 4.78 is 0. The highest BCUT2D eigenvalue weighted by Crippen LogP contribution is 2.10. The number of carbonyl (C=O) groups is 1. The molecule has 0 aliphatic carbocycles. The summed E-state index contributed by atoms with van der Waals surface area (Å²) in [5.74, 6) is 0.255. The fourth-order valence-electron chi connectivity index (χ4n) is 1.48. The van der Waals surface area contributed by atoms with Crippen LogP contribution in [0.25, 0.3) is 0 Å². The van der Waals surface area contributed by atoms with E-state index in [0.29, 0.717) is 18.6 Å². The topological polar surface area (TPSA) is 23.6 Å². The Balaban J connectivity index is 2.62. The molecule has 1 aliphatic rings. The van der Waals surface area contributed by atoms with Crippen LogP contribution in [0, 0.1) is 0 Å². The Hall–Kier alpha value is -0.570. The number of nitrogens with zero attached hydrogens (tertiary/aromatic N) is 2. The van der Waals surface area contributed by atoms with E-state index in [-0.39, 0.29) is 5.91 Å². The molecule has 0 N–H and O–H groups in total. The van der Waals surface area contributed by atoms with Crippen molar-refractivity contribution in [2.24, 2.45) is 0 Å². The Morgan fingerprint density at radius 3 is 2.58 bits per heavy atom. The second-order valence-corrected chi connectivity index (χ2v) is 3.90. The fraction of sp³-hybridized carbons (Fsp3) is 0.889.